The molecule has 0 heteroatoms. The van der Waals surface area contributed by atoms with E-state index in [9.17, 15) is 0 Å². The van der Waals surface area contributed by atoms with Crippen molar-refractivity contribution >= 4 is 0 Å². The van der Waals surface area contributed by atoms with E-state index >= 15 is 0 Å². The van der Waals surface area contributed by atoms with Crippen LogP contribution in [0.1, 0.15) is 26.2 Å². The quantitative estimate of drug-likeness (QED) is 0.490. The molecule has 8 heavy (non-hydrogen) atoms. The van der Waals surface area contributed by atoms with Crippen LogP contribution in [-0.4, -0.2) is 0 Å². The summed E-state index contributed by atoms with van der Waals surface area (Å²) in [5.41, 5.74) is 0. The van der Waals surface area contributed by atoms with Gasteiger partial charge in [-0.2, -0.15) is 0 Å². The molecule has 0 aliphatic heterocycles. The van der Waals surface area contributed by atoms with E-state index in [1.54, 1.807) is 0 Å². The molecule has 0 nitrogen and oxygen atoms in total. The summed E-state index contributed by atoms with van der Waals surface area (Å²) in [6, 6.07) is 0. The lowest BCUT2D eigenvalue weighted by atomic mass is 10.0. The molecule has 1 aliphatic carbocycles. The second-order valence-electron chi connectivity index (χ2n) is 2.84. The van der Waals surface area contributed by atoms with Crippen molar-refractivity contribution < 1.29 is 0 Å². The second-order valence-corrected chi connectivity index (χ2v) is 2.84. The van der Waals surface area contributed by atoms with Crippen LogP contribution in [0.15, 0.2) is 12.7 Å². The number of hydrogen-bond donors (Lipinski definition) is 0. The third-order valence-electron chi connectivity index (χ3n) is 1.97. The van der Waals surface area contributed by atoms with Gasteiger partial charge in [0, 0.05) is 0 Å². The van der Waals surface area contributed by atoms with E-state index in [1.807, 2.05) is 6.08 Å². The van der Waals surface area contributed by atoms with Crippen LogP contribution in [0.4, 0.5) is 0 Å². The van der Waals surface area contributed by atoms with Crippen LogP contribution in [0.2, 0.25) is 0 Å². The molecule has 0 unspecified atom stereocenters. The van der Waals surface area contributed by atoms with Gasteiger partial charge in [0.1, 0.15) is 0 Å². The molecule has 1 rings (SSSR count). The van der Waals surface area contributed by atoms with Gasteiger partial charge in [-0.3, -0.25) is 0 Å². The van der Waals surface area contributed by atoms with Crippen molar-refractivity contribution in [2.45, 2.75) is 26.2 Å². The zero-order valence-corrected chi connectivity index (χ0v) is 5.56. The van der Waals surface area contributed by atoms with Crippen molar-refractivity contribution in [3.05, 3.63) is 12.7 Å². The molecular formula is C8H14. The van der Waals surface area contributed by atoms with Crippen LogP contribution in [0.25, 0.3) is 0 Å². The van der Waals surface area contributed by atoms with Gasteiger partial charge in [-0.25, -0.2) is 0 Å². The minimum absolute atomic E-state index is 0.910. The molecule has 0 aromatic carbocycles. The maximum absolute atomic E-state index is 3.71. The summed E-state index contributed by atoms with van der Waals surface area (Å²) in [6.07, 6.45) is 6.18. The lowest BCUT2D eigenvalue weighted by Gasteiger charge is -2.02. The van der Waals surface area contributed by atoms with Crippen molar-refractivity contribution in [2.75, 3.05) is 0 Å². The van der Waals surface area contributed by atoms with E-state index in [-0.39, 0.29) is 0 Å². The first-order valence-corrected chi connectivity index (χ1v) is 3.45. The molecule has 1 aliphatic rings. The molecule has 0 amide bonds. The number of allylic oxidation sites excluding steroid dienone is 1. The molecule has 0 aromatic rings. The minimum Gasteiger partial charge on any atom is -0.103 e. The monoisotopic (exact) mass is 110 g/mol. The lowest BCUT2D eigenvalue weighted by Crippen LogP contribution is -1.92. The Hall–Kier alpha value is -0.260. The molecule has 1 fully saturated rings. The second kappa shape index (κ2) is 2.34. The molecule has 0 aromatic heterocycles. The maximum atomic E-state index is 3.71. The van der Waals surface area contributed by atoms with Crippen LogP contribution in [0.3, 0.4) is 0 Å². The smallest absolute Gasteiger partial charge is 0.0325 e. The van der Waals surface area contributed by atoms with Crippen molar-refractivity contribution in [3.8, 4) is 0 Å². The maximum Gasteiger partial charge on any atom is -0.0325 e. The van der Waals surface area contributed by atoms with Crippen LogP contribution >= 0.6 is 0 Å². The van der Waals surface area contributed by atoms with Gasteiger partial charge in [0.05, 0.1) is 0 Å². The molecule has 0 spiro atoms. The summed E-state index contributed by atoms with van der Waals surface area (Å²) >= 11 is 0. The van der Waals surface area contributed by atoms with Crippen LogP contribution in [0.5, 0.6) is 0 Å². The average molecular weight is 110 g/mol. The molecule has 0 heterocycles. The Bertz CT molecular complexity index is 80.0. The van der Waals surface area contributed by atoms with Gasteiger partial charge in [-0.15, -0.1) is 6.58 Å². The Labute approximate surface area is 51.6 Å². The van der Waals surface area contributed by atoms with Crippen molar-refractivity contribution in [1.29, 1.82) is 0 Å². The third-order valence-corrected chi connectivity index (χ3v) is 1.97. The SMILES string of the molecule is C=CC[C@H](C)C1CC1. The van der Waals surface area contributed by atoms with Gasteiger partial charge in [-0.05, 0) is 31.1 Å². The molecular weight excluding hydrogens is 96.1 g/mol. The summed E-state index contributed by atoms with van der Waals surface area (Å²) in [5, 5.41) is 0. The molecule has 1 saturated carbocycles. The van der Waals surface area contributed by atoms with E-state index in [4.69, 9.17) is 0 Å². The van der Waals surface area contributed by atoms with Crippen molar-refractivity contribution in [2.24, 2.45) is 11.8 Å². The molecule has 0 saturated heterocycles. The largest absolute Gasteiger partial charge is 0.103 e. The van der Waals surface area contributed by atoms with E-state index < -0.39 is 0 Å². The highest BCUT2D eigenvalue weighted by Gasteiger charge is 2.26. The zero-order chi connectivity index (χ0) is 5.98. The van der Waals surface area contributed by atoms with Crippen LogP contribution < -0.4 is 0 Å². The first-order valence-electron chi connectivity index (χ1n) is 3.45. The van der Waals surface area contributed by atoms with Gasteiger partial charge in [-0.1, -0.05) is 13.0 Å². The Morgan fingerprint density at radius 3 is 2.75 bits per heavy atom. The summed E-state index contributed by atoms with van der Waals surface area (Å²) in [5.74, 6) is 1.96. The Morgan fingerprint density at radius 2 is 2.38 bits per heavy atom. The highest BCUT2D eigenvalue weighted by Crippen LogP contribution is 2.38. The molecule has 0 N–H and O–H groups in total. The van der Waals surface area contributed by atoms with Gasteiger partial charge >= 0.3 is 0 Å². The first kappa shape index (κ1) is 5.87. The predicted octanol–water partition coefficient (Wildman–Crippen LogP) is 2.61. The highest BCUT2D eigenvalue weighted by atomic mass is 14.3. The van der Waals surface area contributed by atoms with E-state index in [2.05, 4.69) is 13.5 Å². The summed E-state index contributed by atoms with van der Waals surface area (Å²) < 4.78 is 0. The molecule has 0 bridgehead atoms. The van der Waals surface area contributed by atoms with Crippen LogP contribution in [-0.2, 0) is 0 Å². The molecule has 1 atom stereocenters. The number of hydrogen-bond acceptors (Lipinski definition) is 0. The van der Waals surface area contributed by atoms with Gasteiger partial charge in [0.15, 0.2) is 0 Å². The highest BCUT2D eigenvalue weighted by molar-refractivity contribution is 4.83. The van der Waals surface area contributed by atoms with Gasteiger partial charge in [0.25, 0.3) is 0 Å². The Kier molecular flexibility index (Phi) is 1.72. The standard InChI is InChI=1S/C8H14/c1-3-4-7(2)8-5-6-8/h3,7-8H,1,4-6H2,2H3/t7-/m0/s1. The van der Waals surface area contributed by atoms with Crippen molar-refractivity contribution in [3.63, 3.8) is 0 Å². The van der Waals surface area contributed by atoms with Crippen molar-refractivity contribution in [1.82, 2.24) is 0 Å². The summed E-state index contributed by atoms with van der Waals surface area (Å²) in [7, 11) is 0. The zero-order valence-electron chi connectivity index (χ0n) is 5.56. The van der Waals surface area contributed by atoms with E-state index in [1.165, 1.54) is 19.3 Å². The normalized spacial score (nSPS) is 22.6. The fourth-order valence-corrected chi connectivity index (χ4v) is 1.12. The Balaban J connectivity index is 2.12. The lowest BCUT2D eigenvalue weighted by molar-refractivity contribution is 0.517. The topological polar surface area (TPSA) is 0 Å². The molecule has 46 valence electrons. The Morgan fingerprint density at radius 1 is 1.75 bits per heavy atom. The predicted molar refractivity (Wildman–Crippen MR) is 36.7 cm³/mol. The summed E-state index contributed by atoms with van der Waals surface area (Å²) in [4.78, 5) is 0. The average Bonchev–Trinajstić information content (AvgIpc) is 2.45. The van der Waals surface area contributed by atoms with E-state index in [0.717, 1.165) is 11.8 Å². The fraction of sp³-hybridized carbons (Fsp3) is 0.750. The van der Waals surface area contributed by atoms with E-state index in [0.29, 0.717) is 0 Å². The fourth-order valence-electron chi connectivity index (χ4n) is 1.12. The van der Waals surface area contributed by atoms with Gasteiger partial charge in [0.2, 0.25) is 0 Å². The third kappa shape index (κ3) is 1.36. The minimum atomic E-state index is 0.910. The summed E-state index contributed by atoms with van der Waals surface area (Å²) in [6.45, 7) is 6.03. The first-order chi connectivity index (χ1) is 3.84. The number of rotatable bonds is 3. The molecule has 0 radical (unpaired) electrons. The van der Waals surface area contributed by atoms with Crippen LogP contribution in [0, 0.1) is 11.8 Å². The van der Waals surface area contributed by atoms with Gasteiger partial charge < -0.3 is 0 Å².